The van der Waals surface area contributed by atoms with Gasteiger partial charge in [0.05, 0.1) is 6.61 Å². The Hall–Kier alpha value is -1.26. The number of phenols is 1. The van der Waals surface area contributed by atoms with Gasteiger partial charge in [-0.2, -0.15) is 0 Å². The third-order valence-electron chi connectivity index (χ3n) is 1.52. The van der Waals surface area contributed by atoms with Gasteiger partial charge in [0, 0.05) is 6.42 Å². The maximum atomic E-state index is 8.95. The summed E-state index contributed by atoms with van der Waals surface area (Å²) in [6.45, 7) is 0.364. The van der Waals surface area contributed by atoms with Gasteiger partial charge in [0.1, 0.15) is 17.7 Å². The van der Waals surface area contributed by atoms with Crippen LogP contribution in [0.4, 0.5) is 0 Å². The van der Waals surface area contributed by atoms with Gasteiger partial charge < -0.3 is 20.7 Å². The Kier molecular flexibility index (Phi) is 3.54. The fraction of sp³-hybridized carbons (Fsp3) is 0.333. The lowest BCUT2D eigenvalue weighted by atomic mass is 10.3. The number of ether oxygens (including phenoxy) is 1. The van der Waals surface area contributed by atoms with Gasteiger partial charge >= 0.3 is 0 Å². The molecular weight excluding hydrogens is 170 g/mol. The molecule has 1 aromatic carbocycles. The highest BCUT2D eigenvalue weighted by atomic mass is 16.5. The van der Waals surface area contributed by atoms with Crippen LogP contribution in [0, 0.1) is 0 Å². The molecule has 72 valence electrons. The van der Waals surface area contributed by atoms with Crippen molar-refractivity contribution in [3.63, 3.8) is 0 Å². The summed E-state index contributed by atoms with van der Waals surface area (Å²) >= 11 is 0. The van der Waals surface area contributed by atoms with E-state index in [0.29, 0.717) is 18.8 Å². The molecule has 13 heavy (non-hydrogen) atoms. The number of rotatable bonds is 4. The number of benzene rings is 1. The Balaban J connectivity index is 2.33. The molecule has 0 spiro atoms. The summed E-state index contributed by atoms with van der Waals surface area (Å²) in [6, 6.07) is 6.37. The van der Waals surface area contributed by atoms with Crippen LogP contribution in [0.5, 0.6) is 11.5 Å². The first-order valence-electron chi connectivity index (χ1n) is 4.04. The molecule has 0 bridgehead atoms. The molecular formula is C9H13NO3. The minimum Gasteiger partial charge on any atom is -0.508 e. The van der Waals surface area contributed by atoms with Crippen molar-refractivity contribution in [3.8, 4) is 11.5 Å². The highest BCUT2D eigenvalue weighted by Gasteiger charge is 1.97. The van der Waals surface area contributed by atoms with Gasteiger partial charge in [0.2, 0.25) is 0 Å². The van der Waals surface area contributed by atoms with Crippen LogP contribution in [0.2, 0.25) is 0 Å². The van der Waals surface area contributed by atoms with Gasteiger partial charge in [-0.15, -0.1) is 0 Å². The maximum absolute atomic E-state index is 8.95. The second kappa shape index (κ2) is 4.69. The van der Waals surface area contributed by atoms with Crippen molar-refractivity contribution in [3.05, 3.63) is 24.3 Å². The topological polar surface area (TPSA) is 75.7 Å². The second-order valence-electron chi connectivity index (χ2n) is 2.70. The lowest BCUT2D eigenvalue weighted by molar-refractivity contribution is 0.145. The Morgan fingerprint density at radius 1 is 1.31 bits per heavy atom. The van der Waals surface area contributed by atoms with Crippen molar-refractivity contribution in [2.75, 3.05) is 6.61 Å². The molecule has 4 heteroatoms. The quantitative estimate of drug-likeness (QED) is 0.592. The molecule has 0 fully saturated rings. The van der Waals surface area contributed by atoms with E-state index in [0.717, 1.165) is 0 Å². The maximum Gasteiger partial charge on any atom is 0.119 e. The van der Waals surface area contributed by atoms with E-state index in [1.165, 1.54) is 12.1 Å². The average Bonchev–Trinajstić information content (AvgIpc) is 2.08. The summed E-state index contributed by atoms with van der Waals surface area (Å²) in [4.78, 5) is 0. The van der Waals surface area contributed by atoms with E-state index >= 15 is 0 Å². The van der Waals surface area contributed by atoms with Gasteiger partial charge in [0.15, 0.2) is 0 Å². The molecule has 1 unspecified atom stereocenters. The standard InChI is InChI=1S/C9H13NO3/c10-9(12)5-6-13-8-3-1-7(11)2-4-8/h1-4,9,11-12H,5-6,10H2. The largest absolute Gasteiger partial charge is 0.508 e. The molecule has 0 aliphatic heterocycles. The van der Waals surface area contributed by atoms with Gasteiger partial charge in [0.25, 0.3) is 0 Å². The third-order valence-corrected chi connectivity index (χ3v) is 1.52. The van der Waals surface area contributed by atoms with Crippen LogP contribution in [0.3, 0.4) is 0 Å². The van der Waals surface area contributed by atoms with E-state index < -0.39 is 6.23 Å². The molecule has 0 aliphatic rings. The molecule has 0 saturated heterocycles. The van der Waals surface area contributed by atoms with Crippen molar-refractivity contribution in [1.82, 2.24) is 0 Å². The first-order chi connectivity index (χ1) is 6.18. The van der Waals surface area contributed by atoms with Crippen molar-refractivity contribution < 1.29 is 14.9 Å². The van der Waals surface area contributed by atoms with E-state index in [4.69, 9.17) is 20.7 Å². The molecule has 4 N–H and O–H groups in total. The predicted octanol–water partition coefficient (Wildman–Crippen LogP) is 0.438. The zero-order valence-corrected chi connectivity index (χ0v) is 7.18. The Labute approximate surface area is 76.6 Å². The smallest absolute Gasteiger partial charge is 0.119 e. The first kappa shape index (κ1) is 9.83. The number of hydrogen-bond acceptors (Lipinski definition) is 4. The van der Waals surface area contributed by atoms with E-state index in [-0.39, 0.29) is 5.75 Å². The summed E-state index contributed by atoms with van der Waals surface area (Å²) in [5, 5.41) is 17.7. The zero-order valence-electron chi connectivity index (χ0n) is 7.18. The van der Waals surface area contributed by atoms with Crippen LogP contribution in [0.15, 0.2) is 24.3 Å². The Morgan fingerprint density at radius 2 is 1.92 bits per heavy atom. The average molecular weight is 183 g/mol. The normalized spacial score (nSPS) is 12.5. The molecule has 1 atom stereocenters. The molecule has 0 heterocycles. The van der Waals surface area contributed by atoms with E-state index in [2.05, 4.69) is 0 Å². The van der Waals surface area contributed by atoms with Gasteiger partial charge in [-0.1, -0.05) is 0 Å². The van der Waals surface area contributed by atoms with E-state index in [1.54, 1.807) is 12.1 Å². The fourth-order valence-electron chi connectivity index (χ4n) is 0.840. The molecule has 4 nitrogen and oxygen atoms in total. The Morgan fingerprint density at radius 3 is 2.46 bits per heavy atom. The number of aromatic hydroxyl groups is 1. The van der Waals surface area contributed by atoms with Crippen LogP contribution in [0.25, 0.3) is 0 Å². The van der Waals surface area contributed by atoms with E-state index in [9.17, 15) is 0 Å². The number of nitrogens with two attached hydrogens (primary N) is 1. The van der Waals surface area contributed by atoms with Crippen LogP contribution < -0.4 is 10.5 Å². The van der Waals surface area contributed by atoms with Crippen LogP contribution in [0.1, 0.15) is 6.42 Å². The Bertz CT molecular complexity index is 246. The van der Waals surface area contributed by atoms with Crippen LogP contribution >= 0.6 is 0 Å². The predicted molar refractivity (Wildman–Crippen MR) is 48.4 cm³/mol. The van der Waals surface area contributed by atoms with Gasteiger partial charge in [-0.3, -0.25) is 0 Å². The minimum absolute atomic E-state index is 0.200. The van der Waals surface area contributed by atoms with Gasteiger partial charge in [-0.25, -0.2) is 0 Å². The fourth-order valence-corrected chi connectivity index (χ4v) is 0.840. The molecule has 0 radical (unpaired) electrons. The number of phenolic OH excluding ortho intramolecular Hbond substituents is 1. The lowest BCUT2D eigenvalue weighted by Crippen LogP contribution is -2.21. The molecule has 1 aromatic rings. The third kappa shape index (κ3) is 3.78. The van der Waals surface area contributed by atoms with Crippen molar-refractivity contribution in [1.29, 1.82) is 0 Å². The second-order valence-corrected chi connectivity index (χ2v) is 2.70. The summed E-state index contributed by atoms with van der Waals surface area (Å²) in [6.07, 6.45) is -0.446. The molecule has 0 saturated carbocycles. The summed E-state index contributed by atoms with van der Waals surface area (Å²) in [5.74, 6) is 0.852. The van der Waals surface area contributed by atoms with E-state index in [1.807, 2.05) is 0 Å². The monoisotopic (exact) mass is 183 g/mol. The zero-order chi connectivity index (χ0) is 9.68. The van der Waals surface area contributed by atoms with Gasteiger partial charge in [-0.05, 0) is 24.3 Å². The summed E-state index contributed by atoms with van der Waals surface area (Å²) in [7, 11) is 0. The first-order valence-corrected chi connectivity index (χ1v) is 4.04. The van der Waals surface area contributed by atoms with Crippen LogP contribution in [-0.2, 0) is 0 Å². The highest BCUT2D eigenvalue weighted by Crippen LogP contribution is 2.15. The lowest BCUT2D eigenvalue weighted by Gasteiger charge is -2.07. The van der Waals surface area contributed by atoms with Crippen molar-refractivity contribution in [2.24, 2.45) is 5.73 Å². The highest BCUT2D eigenvalue weighted by molar-refractivity contribution is 5.29. The molecule has 0 aliphatic carbocycles. The molecule has 0 amide bonds. The minimum atomic E-state index is -0.836. The van der Waals surface area contributed by atoms with Crippen molar-refractivity contribution >= 4 is 0 Å². The summed E-state index contributed by atoms with van der Waals surface area (Å²) in [5.41, 5.74) is 5.12. The number of aliphatic hydroxyl groups is 1. The van der Waals surface area contributed by atoms with Crippen molar-refractivity contribution in [2.45, 2.75) is 12.6 Å². The molecule has 0 aromatic heterocycles. The number of hydrogen-bond donors (Lipinski definition) is 3. The van der Waals surface area contributed by atoms with Crippen LogP contribution in [-0.4, -0.2) is 23.0 Å². The summed E-state index contributed by atoms with van der Waals surface area (Å²) < 4.78 is 5.22. The molecule has 1 rings (SSSR count). The SMILES string of the molecule is NC(O)CCOc1ccc(O)cc1. The number of aliphatic hydroxyl groups excluding tert-OH is 1.